The topological polar surface area (TPSA) is 90.3 Å². The number of pyridine rings is 1. The molecule has 162 valence electrons. The molecule has 1 aliphatic heterocycles. The fourth-order valence-electron chi connectivity index (χ4n) is 3.24. The number of morpholine rings is 1. The summed E-state index contributed by atoms with van der Waals surface area (Å²) in [7, 11) is 1.75. The molecule has 0 bridgehead atoms. The van der Waals surface area contributed by atoms with Gasteiger partial charge in [-0.3, -0.25) is 9.69 Å². The Morgan fingerprint density at radius 2 is 2.03 bits per heavy atom. The highest BCUT2D eigenvalue weighted by Crippen LogP contribution is 2.21. The van der Waals surface area contributed by atoms with Gasteiger partial charge in [0.25, 0.3) is 0 Å². The van der Waals surface area contributed by atoms with Gasteiger partial charge in [-0.2, -0.15) is 0 Å². The van der Waals surface area contributed by atoms with Gasteiger partial charge in [0.1, 0.15) is 5.15 Å². The van der Waals surface area contributed by atoms with Gasteiger partial charge in [0.2, 0.25) is 5.91 Å². The second kappa shape index (κ2) is 11.4. The maximum absolute atomic E-state index is 12.4. The highest BCUT2D eigenvalue weighted by molar-refractivity contribution is 6.29. The van der Waals surface area contributed by atoms with E-state index in [2.05, 4.69) is 20.5 Å². The van der Waals surface area contributed by atoms with Crippen LogP contribution in [0.5, 0.6) is 0 Å². The fourth-order valence-corrected chi connectivity index (χ4v) is 3.39. The lowest BCUT2D eigenvalue weighted by molar-refractivity contribution is -0.111. The number of amides is 1. The van der Waals surface area contributed by atoms with Crippen LogP contribution < -0.4 is 10.6 Å². The largest absolute Gasteiger partial charge is 0.393 e. The Morgan fingerprint density at radius 1 is 1.29 bits per heavy atom. The van der Waals surface area contributed by atoms with Crippen molar-refractivity contribution in [3.05, 3.63) is 70.6 Å². The Labute approximate surface area is 187 Å². The predicted molar refractivity (Wildman–Crippen MR) is 125 cm³/mol. The van der Waals surface area contributed by atoms with Crippen LogP contribution in [0.2, 0.25) is 5.15 Å². The molecule has 1 aromatic carbocycles. The summed E-state index contributed by atoms with van der Waals surface area (Å²) in [5, 5.41) is 13.7. The smallest absolute Gasteiger partial charge is 0.248 e. The van der Waals surface area contributed by atoms with Crippen LogP contribution in [0.1, 0.15) is 16.7 Å². The van der Waals surface area contributed by atoms with Gasteiger partial charge in [-0.1, -0.05) is 23.7 Å². The molecule has 0 spiro atoms. The van der Waals surface area contributed by atoms with Gasteiger partial charge in [0.15, 0.2) is 0 Å². The third kappa shape index (κ3) is 6.75. The third-order valence-corrected chi connectivity index (χ3v) is 5.02. The number of benzene rings is 1. The number of nitrogens with one attached hydrogen (secondary N) is 3. The van der Waals surface area contributed by atoms with Crippen molar-refractivity contribution in [1.29, 1.82) is 5.41 Å². The summed E-state index contributed by atoms with van der Waals surface area (Å²) in [6, 6.07) is 9.52. The zero-order chi connectivity index (χ0) is 22.1. The first kappa shape index (κ1) is 22.7. The number of ether oxygens (including phenoxy) is 1. The summed E-state index contributed by atoms with van der Waals surface area (Å²) in [5.41, 5.74) is 3.95. The molecule has 3 N–H and O–H groups in total. The van der Waals surface area contributed by atoms with Gasteiger partial charge in [-0.25, -0.2) is 4.98 Å². The number of aromatic nitrogens is 1. The molecule has 0 atom stereocenters. The second-order valence-electron chi connectivity index (χ2n) is 7.03. The molecule has 2 aromatic rings. The Bertz CT molecular complexity index is 966. The Kier molecular flexibility index (Phi) is 8.35. The van der Waals surface area contributed by atoms with Crippen LogP contribution in [0.4, 0.5) is 5.69 Å². The molecule has 0 unspecified atom stereocenters. The molecule has 1 fully saturated rings. The molecule has 1 amide bonds. The summed E-state index contributed by atoms with van der Waals surface area (Å²) < 4.78 is 5.38. The average Bonchev–Trinajstić information content (AvgIpc) is 2.78. The first-order valence-electron chi connectivity index (χ1n) is 10.0. The standard InChI is InChI=1S/C23H26ClN5O2/c1-26-14-19(13-25)21-12-22(24)27-15-18(21)4-7-23(30)28-20-5-2-17(3-6-20)16-29-8-10-31-11-9-29/h2-7,12-15,25-26H,8-11,16H2,1H3,(H,28,30)/b7-4+,19-14+,25-13?. The van der Waals surface area contributed by atoms with E-state index in [1.54, 1.807) is 31.6 Å². The number of carbonyl (C=O) groups is 1. The molecular formula is C23H26ClN5O2. The number of halogens is 1. The van der Waals surface area contributed by atoms with Crippen LogP contribution in [0, 0.1) is 5.41 Å². The van der Waals surface area contributed by atoms with E-state index in [9.17, 15) is 4.79 Å². The van der Waals surface area contributed by atoms with E-state index in [4.69, 9.17) is 21.7 Å². The van der Waals surface area contributed by atoms with Crippen molar-refractivity contribution >= 4 is 41.1 Å². The van der Waals surface area contributed by atoms with Crippen molar-refractivity contribution < 1.29 is 9.53 Å². The number of anilines is 1. The Balaban J connectivity index is 1.64. The van der Waals surface area contributed by atoms with Crippen LogP contribution in [-0.2, 0) is 16.1 Å². The number of hydrogen-bond donors (Lipinski definition) is 3. The van der Waals surface area contributed by atoms with E-state index >= 15 is 0 Å². The van der Waals surface area contributed by atoms with Gasteiger partial charge in [-0.05, 0) is 35.4 Å². The maximum Gasteiger partial charge on any atom is 0.248 e. The maximum atomic E-state index is 12.4. The quantitative estimate of drug-likeness (QED) is 0.333. The summed E-state index contributed by atoms with van der Waals surface area (Å²) in [4.78, 5) is 18.8. The number of allylic oxidation sites excluding steroid dienone is 1. The summed E-state index contributed by atoms with van der Waals surface area (Å²) in [6.45, 7) is 4.30. The molecular weight excluding hydrogens is 414 g/mol. The average molecular weight is 440 g/mol. The van der Waals surface area contributed by atoms with Gasteiger partial charge in [0.05, 0.1) is 13.2 Å². The zero-order valence-corrected chi connectivity index (χ0v) is 18.2. The van der Waals surface area contributed by atoms with Crippen molar-refractivity contribution in [2.45, 2.75) is 6.54 Å². The second-order valence-corrected chi connectivity index (χ2v) is 7.42. The van der Waals surface area contributed by atoms with Crippen molar-refractivity contribution in [1.82, 2.24) is 15.2 Å². The molecule has 3 rings (SSSR count). The number of rotatable bonds is 8. The number of nitrogens with zero attached hydrogens (tertiary/aromatic N) is 2. The molecule has 1 aliphatic rings. The lowest BCUT2D eigenvalue weighted by atomic mass is 10.0. The van der Waals surface area contributed by atoms with Crippen molar-refractivity contribution in [3.63, 3.8) is 0 Å². The molecule has 31 heavy (non-hydrogen) atoms. The summed E-state index contributed by atoms with van der Waals surface area (Å²) in [5.74, 6) is -0.254. The van der Waals surface area contributed by atoms with E-state index < -0.39 is 0 Å². The lowest BCUT2D eigenvalue weighted by Crippen LogP contribution is -2.35. The summed E-state index contributed by atoms with van der Waals surface area (Å²) in [6.07, 6.45) is 7.59. The zero-order valence-electron chi connectivity index (χ0n) is 17.4. The first-order valence-corrected chi connectivity index (χ1v) is 10.4. The fraction of sp³-hybridized carbons (Fsp3) is 0.261. The van der Waals surface area contributed by atoms with Crippen molar-refractivity contribution in [3.8, 4) is 0 Å². The molecule has 1 aromatic heterocycles. The van der Waals surface area contributed by atoms with Crippen LogP contribution in [0.3, 0.4) is 0 Å². The summed E-state index contributed by atoms with van der Waals surface area (Å²) >= 11 is 6.02. The minimum atomic E-state index is -0.254. The SMILES string of the molecule is CN/C=C(\C=N)c1cc(Cl)ncc1/C=C/C(=O)Nc1ccc(CN2CCOCC2)cc1. The van der Waals surface area contributed by atoms with Crippen molar-refractivity contribution in [2.24, 2.45) is 0 Å². The Morgan fingerprint density at radius 3 is 2.71 bits per heavy atom. The van der Waals surface area contributed by atoms with E-state index in [1.807, 2.05) is 24.3 Å². The van der Waals surface area contributed by atoms with Crippen LogP contribution >= 0.6 is 11.6 Å². The lowest BCUT2D eigenvalue weighted by Gasteiger charge is -2.26. The monoisotopic (exact) mass is 439 g/mol. The molecule has 1 saturated heterocycles. The molecule has 7 nitrogen and oxygen atoms in total. The highest BCUT2D eigenvalue weighted by Gasteiger charge is 2.11. The van der Waals surface area contributed by atoms with Crippen LogP contribution in [-0.4, -0.2) is 55.4 Å². The minimum absolute atomic E-state index is 0.254. The van der Waals surface area contributed by atoms with Gasteiger partial charge in [0, 0.05) is 68.2 Å². The molecule has 8 heteroatoms. The molecule has 0 radical (unpaired) electrons. The highest BCUT2D eigenvalue weighted by atomic mass is 35.5. The molecule has 0 aliphatic carbocycles. The van der Waals surface area contributed by atoms with E-state index in [0.717, 1.165) is 38.5 Å². The number of carbonyl (C=O) groups excluding carboxylic acids is 1. The normalized spacial score (nSPS) is 15.1. The van der Waals surface area contributed by atoms with Gasteiger partial charge >= 0.3 is 0 Å². The van der Waals surface area contributed by atoms with E-state index in [1.165, 1.54) is 17.9 Å². The first-order chi connectivity index (χ1) is 15.1. The predicted octanol–water partition coefficient (Wildman–Crippen LogP) is 3.43. The molecule has 2 heterocycles. The van der Waals surface area contributed by atoms with E-state index in [0.29, 0.717) is 21.9 Å². The van der Waals surface area contributed by atoms with Crippen LogP contribution in [0.25, 0.3) is 11.6 Å². The van der Waals surface area contributed by atoms with Gasteiger partial charge < -0.3 is 20.8 Å². The third-order valence-electron chi connectivity index (χ3n) is 4.81. The number of hydrogen-bond acceptors (Lipinski definition) is 6. The van der Waals surface area contributed by atoms with Crippen LogP contribution in [0.15, 0.2) is 48.8 Å². The minimum Gasteiger partial charge on any atom is -0.393 e. The van der Waals surface area contributed by atoms with Gasteiger partial charge in [-0.15, -0.1) is 0 Å². The molecule has 0 saturated carbocycles. The van der Waals surface area contributed by atoms with Crippen molar-refractivity contribution in [2.75, 3.05) is 38.7 Å². The Hall–Kier alpha value is -3.00. The van der Waals surface area contributed by atoms with E-state index in [-0.39, 0.29) is 5.91 Å².